The van der Waals surface area contributed by atoms with Crippen molar-refractivity contribution in [2.75, 3.05) is 6.61 Å². The van der Waals surface area contributed by atoms with Gasteiger partial charge in [-0.1, -0.05) is 11.6 Å². The lowest BCUT2D eigenvalue weighted by Crippen LogP contribution is -2.08. The van der Waals surface area contributed by atoms with Crippen molar-refractivity contribution in [3.05, 3.63) is 23.1 Å². The number of pyridine rings is 1. The van der Waals surface area contributed by atoms with E-state index in [0.29, 0.717) is 36.5 Å². The molecule has 2 rings (SSSR count). The van der Waals surface area contributed by atoms with E-state index in [2.05, 4.69) is 9.97 Å². The maximum Gasteiger partial charge on any atom is 0.305 e. The number of carbonyl (C=O) groups is 1. The number of halogens is 2. The van der Waals surface area contributed by atoms with E-state index in [1.54, 1.807) is 19.2 Å². The molecule has 0 aliphatic rings. The molecule has 7 heteroatoms. The molecule has 2 aromatic heterocycles. The smallest absolute Gasteiger partial charge is 0.305 e. The zero-order valence-electron chi connectivity index (χ0n) is 11.1. The van der Waals surface area contributed by atoms with Crippen molar-refractivity contribution in [3.8, 4) is 0 Å². The summed E-state index contributed by atoms with van der Waals surface area (Å²) >= 11 is 11.8. The third kappa shape index (κ3) is 3.41. The molecule has 0 spiro atoms. The number of hydrogen-bond acceptors (Lipinski definition) is 4. The average Bonchev–Trinajstić information content (AvgIpc) is 2.76. The maximum atomic E-state index is 11.3. The second kappa shape index (κ2) is 6.90. The summed E-state index contributed by atoms with van der Waals surface area (Å²) in [7, 11) is 0. The van der Waals surface area contributed by atoms with Crippen LogP contribution in [0.2, 0.25) is 5.02 Å². The van der Waals surface area contributed by atoms with E-state index in [9.17, 15) is 4.79 Å². The molecule has 108 valence electrons. The summed E-state index contributed by atoms with van der Waals surface area (Å²) in [4.78, 5) is 20.0. The number of alkyl halides is 1. The van der Waals surface area contributed by atoms with Crippen molar-refractivity contribution in [2.45, 2.75) is 32.2 Å². The summed E-state index contributed by atoms with van der Waals surface area (Å²) in [5, 5.41) is 0.537. The number of rotatable bonds is 6. The van der Waals surface area contributed by atoms with Crippen LogP contribution >= 0.6 is 23.2 Å². The third-order valence-corrected chi connectivity index (χ3v) is 3.26. The molecular formula is C13H15Cl2N3O2. The molecule has 0 amide bonds. The van der Waals surface area contributed by atoms with Gasteiger partial charge in [0.25, 0.3) is 0 Å². The molecule has 0 radical (unpaired) electrons. The second-order valence-electron chi connectivity index (χ2n) is 4.22. The van der Waals surface area contributed by atoms with Crippen molar-refractivity contribution in [1.82, 2.24) is 14.5 Å². The molecule has 0 aliphatic heterocycles. The Morgan fingerprint density at radius 1 is 1.50 bits per heavy atom. The molecule has 5 nitrogen and oxygen atoms in total. The van der Waals surface area contributed by atoms with E-state index >= 15 is 0 Å². The fraction of sp³-hybridized carbons (Fsp3) is 0.462. The number of nitrogens with zero attached hydrogens (tertiary/aromatic N) is 3. The van der Waals surface area contributed by atoms with E-state index in [1.165, 1.54) is 0 Å². The predicted octanol–water partition coefficient (Wildman–Crippen LogP) is 3.17. The zero-order valence-corrected chi connectivity index (χ0v) is 12.6. The summed E-state index contributed by atoms with van der Waals surface area (Å²) < 4.78 is 6.81. The molecule has 0 atom stereocenters. The van der Waals surface area contributed by atoms with Gasteiger partial charge >= 0.3 is 5.97 Å². The first-order valence-corrected chi connectivity index (χ1v) is 7.29. The quantitative estimate of drug-likeness (QED) is 0.607. The highest BCUT2D eigenvalue weighted by Crippen LogP contribution is 2.19. The van der Waals surface area contributed by atoms with Gasteiger partial charge in [0.2, 0.25) is 0 Å². The first-order valence-electron chi connectivity index (χ1n) is 6.38. The predicted molar refractivity (Wildman–Crippen MR) is 78.0 cm³/mol. The van der Waals surface area contributed by atoms with Gasteiger partial charge in [0.05, 0.1) is 17.5 Å². The highest BCUT2D eigenvalue weighted by atomic mass is 35.5. The minimum atomic E-state index is -0.194. The lowest BCUT2D eigenvalue weighted by Gasteiger charge is -2.06. The zero-order chi connectivity index (χ0) is 14.5. The van der Waals surface area contributed by atoms with Crippen LogP contribution in [-0.4, -0.2) is 27.1 Å². The molecule has 0 fully saturated rings. The van der Waals surface area contributed by atoms with Crippen molar-refractivity contribution in [2.24, 2.45) is 0 Å². The Morgan fingerprint density at radius 3 is 3.00 bits per heavy atom. The van der Waals surface area contributed by atoms with Crippen molar-refractivity contribution >= 4 is 40.3 Å². The second-order valence-corrected chi connectivity index (χ2v) is 4.92. The van der Waals surface area contributed by atoms with Crippen molar-refractivity contribution in [1.29, 1.82) is 0 Å². The molecule has 0 aliphatic carbocycles. The van der Waals surface area contributed by atoms with Crippen LogP contribution in [0.1, 0.15) is 25.6 Å². The Kier molecular flexibility index (Phi) is 5.20. The van der Waals surface area contributed by atoms with Gasteiger partial charge in [-0.15, -0.1) is 11.6 Å². The number of fused-ring (bicyclic) bond motifs is 1. The number of esters is 1. The van der Waals surface area contributed by atoms with Gasteiger partial charge in [0.1, 0.15) is 11.3 Å². The van der Waals surface area contributed by atoms with Crippen LogP contribution in [0, 0.1) is 0 Å². The Morgan fingerprint density at radius 2 is 2.30 bits per heavy atom. The summed E-state index contributed by atoms with van der Waals surface area (Å²) in [6.07, 6.45) is 2.59. The van der Waals surface area contributed by atoms with Crippen LogP contribution in [0.3, 0.4) is 0 Å². The number of aromatic nitrogens is 3. The summed E-state index contributed by atoms with van der Waals surface area (Å²) in [5.74, 6) is 0.813. The highest BCUT2D eigenvalue weighted by Gasteiger charge is 2.12. The first-order chi connectivity index (χ1) is 9.65. The van der Waals surface area contributed by atoms with Gasteiger partial charge in [-0.05, 0) is 19.4 Å². The number of ether oxygens (including phenoxy) is 1. The Bertz CT molecular complexity index is 613. The average molecular weight is 316 g/mol. The van der Waals surface area contributed by atoms with Gasteiger partial charge < -0.3 is 9.30 Å². The number of aryl methyl sites for hydroxylation is 1. The third-order valence-electron chi connectivity index (χ3n) is 2.82. The normalized spacial score (nSPS) is 10.9. The fourth-order valence-corrected chi connectivity index (χ4v) is 2.34. The van der Waals surface area contributed by atoms with Gasteiger partial charge in [-0.2, -0.15) is 0 Å². The Hall–Kier alpha value is -1.33. The molecule has 0 saturated carbocycles. The van der Waals surface area contributed by atoms with Crippen LogP contribution in [-0.2, 0) is 22.0 Å². The largest absolute Gasteiger partial charge is 0.466 e. The standard InChI is InChI=1S/C13H15Cl2N3O2/c1-2-20-12(19)4-3-5-18-11(7-14)17-10-6-9(15)8-16-13(10)18/h6,8H,2-5,7H2,1H3. The summed E-state index contributed by atoms with van der Waals surface area (Å²) in [6, 6.07) is 1.75. The maximum absolute atomic E-state index is 11.3. The molecule has 2 heterocycles. The number of imidazole rings is 1. The van der Waals surface area contributed by atoms with Gasteiger partial charge in [-0.25, -0.2) is 9.97 Å². The Labute approximate surface area is 126 Å². The van der Waals surface area contributed by atoms with E-state index in [-0.39, 0.29) is 11.8 Å². The topological polar surface area (TPSA) is 57.0 Å². The van der Waals surface area contributed by atoms with Crippen molar-refractivity contribution < 1.29 is 9.53 Å². The molecule has 0 saturated heterocycles. The van der Waals surface area contributed by atoms with Crippen LogP contribution < -0.4 is 0 Å². The van der Waals surface area contributed by atoms with Crippen molar-refractivity contribution in [3.63, 3.8) is 0 Å². The Balaban J connectivity index is 2.14. The van der Waals surface area contributed by atoms with Gasteiger partial charge in [0.15, 0.2) is 5.65 Å². The minimum Gasteiger partial charge on any atom is -0.466 e. The van der Waals surface area contributed by atoms with Crippen LogP contribution in [0.25, 0.3) is 11.2 Å². The minimum absolute atomic E-state index is 0.194. The molecule has 0 bridgehead atoms. The van der Waals surface area contributed by atoms with Crippen LogP contribution in [0.4, 0.5) is 0 Å². The molecule has 0 unspecified atom stereocenters. The monoisotopic (exact) mass is 315 g/mol. The fourth-order valence-electron chi connectivity index (χ4n) is 1.98. The molecule has 20 heavy (non-hydrogen) atoms. The number of carbonyl (C=O) groups excluding carboxylic acids is 1. The molecule has 0 aromatic carbocycles. The molecule has 2 aromatic rings. The highest BCUT2D eigenvalue weighted by molar-refractivity contribution is 6.31. The first kappa shape index (κ1) is 15.1. The number of hydrogen-bond donors (Lipinski definition) is 0. The molecular weight excluding hydrogens is 301 g/mol. The van der Waals surface area contributed by atoms with E-state index in [0.717, 1.165) is 11.5 Å². The van der Waals surface area contributed by atoms with Gasteiger partial charge in [0, 0.05) is 19.2 Å². The SMILES string of the molecule is CCOC(=O)CCCn1c(CCl)nc2cc(Cl)cnc21. The van der Waals surface area contributed by atoms with Gasteiger partial charge in [-0.3, -0.25) is 4.79 Å². The van der Waals surface area contributed by atoms with Crippen LogP contribution in [0.15, 0.2) is 12.3 Å². The lowest BCUT2D eigenvalue weighted by molar-refractivity contribution is -0.143. The van der Waals surface area contributed by atoms with E-state index < -0.39 is 0 Å². The van der Waals surface area contributed by atoms with E-state index in [4.69, 9.17) is 27.9 Å². The van der Waals surface area contributed by atoms with Crippen LogP contribution in [0.5, 0.6) is 0 Å². The lowest BCUT2D eigenvalue weighted by atomic mass is 10.3. The molecule has 0 N–H and O–H groups in total. The summed E-state index contributed by atoms with van der Waals surface area (Å²) in [5.41, 5.74) is 1.44. The van der Waals surface area contributed by atoms with E-state index in [1.807, 2.05) is 4.57 Å². The summed E-state index contributed by atoms with van der Waals surface area (Å²) in [6.45, 7) is 2.81.